The van der Waals surface area contributed by atoms with E-state index in [0.29, 0.717) is 24.4 Å². The minimum atomic E-state index is 0.0373. The van der Waals surface area contributed by atoms with Gasteiger partial charge in [-0.3, -0.25) is 4.79 Å². The number of carbonyl (C=O) groups excluding carboxylic acids is 1. The van der Waals surface area contributed by atoms with Crippen LogP contribution in [0.1, 0.15) is 40.9 Å². The monoisotopic (exact) mass is 398 g/mol. The maximum absolute atomic E-state index is 10.9. The summed E-state index contributed by atoms with van der Waals surface area (Å²) in [6.45, 7) is 3.89. The molecule has 152 valence electrons. The van der Waals surface area contributed by atoms with E-state index in [2.05, 4.69) is 31.1 Å². The summed E-state index contributed by atoms with van der Waals surface area (Å²) in [6.07, 6.45) is 0. The van der Waals surface area contributed by atoms with Gasteiger partial charge < -0.3 is 10.4 Å². The van der Waals surface area contributed by atoms with Gasteiger partial charge in [-0.05, 0) is 41.6 Å². The van der Waals surface area contributed by atoms with Gasteiger partial charge in [-0.15, -0.1) is 0 Å². The van der Waals surface area contributed by atoms with Gasteiger partial charge in [0.15, 0.2) is 5.78 Å². The van der Waals surface area contributed by atoms with E-state index < -0.39 is 0 Å². The Bertz CT molecular complexity index is 882. The molecule has 29 heavy (non-hydrogen) atoms. The molecule has 0 atom stereocenters. The Balaban J connectivity index is 0.000000499. The van der Waals surface area contributed by atoms with Crippen molar-refractivity contribution in [2.75, 3.05) is 0 Å². The fourth-order valence-electron chi connectivity index (χ4n) is 1.98. The third-order valence-corrected chi connectivity index (χ3v) is 3.52. The number of nitrogens with two attached hydrogens (primary N) is 1. The summed E-state index contributed by atoms with van der Waals surface area (Å²) < 4.78 is 0. The number of benzene rings is 2. The molecule has 0 heterocycles. The number of hydrogen-bond acceptors (Lipinski definition) is 7. The van der Waals surface area contributed by atoms with E-state index in [4.69, 9.17) is 21.5 Å². The van der Waals surface area contributed by atoms with Crippen LogP contribution in [-0.2, 0) is 13.1 Å². The van der Waals surface area contributed by atoms with Crippen LogP contribution in [0.25, 0.3) is 20.9 Å². The molecule has 0 aliphatic carbocycles. The number of carbonyl (C=O) groups is 1. The minimum absolute atomic E-state index is 0.0373. The van der Waals surface area contributed by atoms with Crippen molar-refractivity contribution in [3.63, 3.8) is 0 Å². The lowest BCUT2D eigenvalue weighted by Crippen LogP contribution is -1.94. The number of azide groups is 2. The Kier molecular flexibility index (Phi) is 13.2. The zero-order valence-electron chi connectivity index (χ0n) is 16.0. The van der Waals surface area contributed by atoms with E-state index in [9.17, 15) is 4.79 Å². The second-order valence-electron chi connectivity index (χ2n) is 5.41. The van der Waals surface area contributed by atoms with Crippen LogP contribution >= 0.6 is 0 Å². The van der Waals surface area contributed by atoms with Crippen LogP contribution in [0.5, 0.6) is 0 Å². The first-order valence-electron chi connectivity index (χ1n) is 8.17. The van der Waals surface area contributed by atoms with Gasteiger partial charge in [0.1, 0.15) is 0 Å². The molecular weight excluding hydrogens is 376 g/mol. The summed E-state index contributed by atoms with van der Waals surface area (Å²) in [5.41, 5.74) is 20.1. The highest BCUT2D eigenvalue weighted by atomic mass is 16.4. The zero-order valence-corrected chi connectivity index (χ0v) is 16.0. The van der Waals surface area contributed by atoms with Gasteiger partial charge in [0.05, 0.1) is 18.8 Å². The average molecular weight is 398 g/mol. The number of ketones is 1. The molecule has 0 radical (unpaired) electrons. The third kappa shape index (κ3) is 10.1. The summed E-state index contributed by atoms with van der Waals surface area (Å²) in [6, 6.07) is 14.3. The van der Waals surface area contributed by atoms with Crippen molar-refractivity contribution in [3.8, 4) is 0 Å². The summed E-state index contributed by atoms with van der Waals surface area (Å²) >= 11 is 0. The molecule has 11 nitrogen and oxygen atoms in total. The van der Waals surface area contributed by atoms with E-state index in [1.807, 2.05) is 24.3 Å². The van der Waals surface area contributed by atoms with Gasteiger partial charge in [0.25, 0.3) is 0 Å². The van der Waals surface area contributed by atoms with Crippen LogP contribution in [0.15, 0.2) is 63.9 Å². The van der Waals surface area contributed by atoms with Crippen LogP contribution in [0, 0.1) is 0 Å². The molecule has 0 aliphatic rings. The van der Waals surface area contributed by atoms with Crippen molar-refractivity contribution >= 4 is 11.5 Å². The van der Waals surface area contributed by atoms with E-state index in [1.165, 1.54) is 6.92 Å². The van der Waals surface area contributed by atoms with Crippen molar-refractivity contribution < 1.29 is 15.2 Å². The number of oxime groups is 1. The summed E-state index contributed by atoms with van der Waals surface area (Å²) in [5.74, 6) is 3.54. The van der Waals surface area contributed by atoms with E-state index in [1.54, 1.807) is 31.2 Å². The van der Waals surface area contributed by atoms with Crippen molar-refractivity contribution in [2.24, 2.45) is 21.3 Å². The number of nitrogens with zero attached hydrogens (tertiary/aromatic N) is 7. The molecule has 0 aliphatic heterocycles. The minimum Gasteiger partial charge on any atom is -0.411 e. The fourth-order valence-corrected chi connectivity index (χ4v) is 1.98. The van der Waals surface area contributed by atoms with Crippen LogP contribution in [0.4, 0.5) is 0 Å². The van der Waals surface area contributed by atoms with Crippen LogP contribution < -0.4 is 5.90 Å². The first-order chi connectivity index (χ1) is 14.0. The Labute approximate surface area is 167 Å². The topological polar surface area (TPSA) is 193 Å². The Morgan fingerprint density at radius 1 is 0.862 bits per heavy atom. The van der Waals surface area contributed by atoms with Crippen molar-refractivity contribution in [1.29, 1.82) is 0 Å². The van der Waals surface area contributed by atoms with Crippen molar-refractivity contribution in [2.45, 2.75) is 26.9 Å². The second-order valence-corrected chi connectivity index (χ2v) is 5.41. The summed E-state index contributed by atoms with van der Waals surface area (Å²) in [4.78, 5) is 16.2. The highest BCUT2D eigenvalue weighted by Crippen LogP contribution is 2.07. The summed E-state index contributed by atoms with van der Waals surface area (Å²) in [5, 5.41) is 25.0. The van der Waals surface area contributed by atoms with Gasteiger partial charge in [0, 0.05) is 15.4 Å². The molecule has 4 N–H and O–H groups in total. The smallest absolute Gasteiger partial charge is 0.159 e. The number of rotatable bonds is 6. The Morgan fingerprint density at radius 2 is 1.24 bits per heavy atom. The third-order valence-electron chi connectivity index (χ3n) is 3.52. The van der Waals surface area contributed by atoms with Gasteiger partial charge >= 0.3 is 0 Å². The largest absolute Gasteiger partial charge is 0.411 e. The standard InChI is InChI=1S/C9H10N4O.C9H9N3O.H3NO/c1-7(12-14)9-4-2-8(3-5-9)6-11-13-10;1-7(13)9-4-2-8(3-5-9)6-11-12-10;1-2/h2-5,14H,6H2,1H3;2-5H,6H2,1H3;2H,1H2/b12-7+;;. The normalized spacial score (nSPS) is 9.45. The van der Waals surface area contributed by atoms with Crippen LogP contribution in [0.2, 0.25) is 0 Å². The number of hydrogen-bond donors (Lipinski definition) is 3. The first-order valence-corrected chi connectivity index (χ1v) is 8.17. The highest BCUT2D eigenvalue weighted by molar-refractivity contribution is 5.98. The highest BCUT2D eigenvalue weighted by Gasteiger charge is 1.98. The molecule has 0 aromatic heterocycles. The van der Waals surface area contributed by atoms with Gasteiger partial charge in [-0.2, -0.15) is 0 Å². The lowest BCUT2D eigenvalue weighted by molar-refractivity contribution is 0.101. The Morgan fingerprint density at radius 3 is 1.55 bits per heavy atom. The van der Waals surface area contributed by atoms with Crippen molar-refractivity contribution in [1.82, 2.24) is 0 Å². The van der Waals surface area contributed by atoms with Crippen molar-refractivity contribution in [3.05, 3.63) is 91.7 Å². The van der Waals surface area contributed by atoms with Gasteiger partial charge in [-0.25, -0.2) is 5.90 Å². The van der Waals surface area contributed by atoms with E-state index in [-0.39, 0.29) is 5.78 Å². The molecule has 0 unspecified atom stereocenters. The average Bonchev–Trinajstić information content (AvgIpc) is 2.78. The lowest BCUT2D eigenvalue weighted by atomic mass is 10.1. The van der Waals surface area contributed by atoms with Gasteiger partial charge in [-0.1, -0.05) is 63.9 Å². The second kappa shape index (κ2) is 15.2. The molecule has 0 spiro atoms. The quantitative estimate of drug-likeness (QED) is 0.120. The molecule has 0 bridgehead atoms. The lowest BCUT2D eigenvalue weighted by Gasteiger charge is -1.99. The molecule has 11 heteroatoms. The van der Waals surface area contributed by atoms with Crippen LogP contribution in [-0.4, -0.2) is 21.9 Å². The van der Waals surface area contributed by atoms with E-state index in [0.717, 1.165) is 16.7 Å². The fraction of sp³-hybridized carbons (Fsp3) is 0.222. The van der Waals surface area contributed by atoms with E-state index >= 15 is 0 Å². The molecule has 0 fully saturated rings. The molecule has 0 amide bonds. The maximum atomic E-state index is 10.9. The first kappa shape index (κ1) is 25.1. The summed E-state index contributed by atoms with van der Waals surface area (Å²) in [7, 11) is 0. The predicted octanol–water partition coefficient (Wildman–Crippen LogP) is 4.73. The molecular formula is C18H22N8O3. The van der Waals surface area contributed by atoms with Crippen LogP contribution in [0.3, 0.4) is 0 Å². The molecule has 2 aromatic rings. The SMILES string of the molecule is C/C(=N\O)c1ccc(CN=[N+]=[N-])cc1.CC(=O)c1ccc(CN=[N+]=[N-])cc1.NO. The molecule has 0 saturated heterocycles. The number of Topliss-reactive ketones (excluding diaryl/α,β-unsaturated/α-hetero) is 1. The molecule has 2 aromatic carbocycles. The maximum Gasteiger partial charge on any atom is 0.159 e. The Hall–Kier alpha value is -3.88. The molecule has 2 rings (SSSR count). The predicted molar refractivity (Wildman–Crippen MR) is 109 cm³/mol. The molecule has 0 saturated carbocycles. The zero-order chi connectivity index (χ0) is 22.1. The van der Waals surface area contributed by atoms with Gasteiger partial charge in [0.2, 0.25) is 0 Å².